The van der Waals surface area contributed by atoms with Crippen LogP contribution in [0.2, 0.25) is 5.02 Å². The molecule has 0 bridgehead atoms. The molecule has 2 fully saturated rings. The van der Waals surface area contributed by atoms with Crippen molar-refractivity contribution in [2.75, 3.05) is 25.4 Å². The molecular formula is C19H23ClN4O2. The number of benzene rings is 1. The number of nitrogens with two attached hydrogens (primary N) is 1. The van der Waals surface area contributed by atoms with Gasteiger partial charge in [-0.3, -0.25) is 0 Å². The fourth-order valence-electron chi connectivity index (χ4n) is 4.30. The molecule has 2 aromatic rings. The zero-order valence-electron chi connectivity index (χ0n) is 14.7. The minimum Gasteiger partial charge on any atom is -0.492 e. The summed E-state index contributed by atoms with van der Waals surface area (Å²) in [6.45, 7) is 2.85. The maximum Gasteiger partial charge on any atom is 0.251 e. The molecule has 0 amide bonds. The third-order valence-electron chi connectivity index (χ3n) is 6.11. The third kappa shape index (κ3) is 2.67. The molecule has 1 aromatic heterocycles. The predicted octanol–water partition coefficient (Wildman–Crippen LogP) is 3.64. The molecule has 2 aliphatic heterocycles. The maximum absolute atomic E-state index is 6.29. The summed E-state index contributed by atoms with van der Waals surface area (Å²) in [6.07, 6.45) is 7.02. The Labute approximate surface area is 157 Å². The minimum absolute atomic E-state index is 0.339. The van der Waals surface area contributed by atoms with Crippen molar-refractivity contribution in [2.24, 2.45) is 0 Å². The van der Waals surface area contributed by atoms with Crippen LogP contribution in [0.4, 0.5) is 5.69 Å². The quantitative estimate of drug-likeness (QED) is 0.826. The van der Waals surface area contributed by atoms with Crippen molar-refractivity contribution < 1.29 is 9.15 Å². The number of nitrogens with zero attached hydrogens (tertiary/aromatic N) is 3. The molecular weight excluding hydrogens is 352 g/mol. The van der Waals surface area contributed by atoms with Gasteiger partial charge in [0, 0.05) is 23.9 Å². The van der Waals surface area contributed by atoms with E-state index in [1.807, 2.05) is 0 Å². The van der Waals surface area contributed by atoms with Gasteiger partial charge >= 0.3 is 0 Å². The molecule has 7 heteroatoms. The highest BCUT2D eigenvalue weighted by molar-refractivity contribution is 6.33. The smallest absolute Gasteiger partial charge is 0.251 e. The molecule has 1 saturated carbocycles. The molecule has 5 rings (SSSR count). The molecule has 1 aliphatic carbocycles. The van der Waals surface area contributed by atoms with Crippen LogP contribution in [-0.4, -0.2) is 40.8 Å². The summed E-state index contributed by atoms with van der Waals surface area (Å²) < 4.78 is 11.8. The predicted molar refractivity (Wildman–Crippen MR) is 99.5 cm³/mol. The summed E-state index contributed by atoms with van der Waals surface area (Å²) in [4.78, 5) is 2.62. The number of hydrogen-bond donors (Lipinski definition) is 1. The van der Waals surface area contributed by atoms with Gasteiger partial charge in [0.15, 0.2) is 0 Å². The average molecular weight is 375 g/mol. The van der Waals surface area contributed by atoms with Crippen molar-refractivity contribution in [1.29, 1.82) is 0 Å². The summed E-state index contributed by atoms with van der Waals surface area (Å²) >= 11 is 6.29. The molecule has 3 aliphatic rings. The summed E-state index contributed by atoms with van der Waals surface area (Å²) in [5.41, 5.74) is 8.36. The first kappa shape index (κ1) is 16.4. The second-order valence-electron chi connectivity index (χ2n) is 7.57. The number of hydrogen-bond acceptors (Lipinski definition) is 6. The SMILES string of the molecule is Nc1c(Cl)cc(-c2nnc(C3CCN(C4CCC4)CC3)o2)c2c1CCO2. The Morgan fingerprint density at radius 1 is 1.15 bits per heavy atom. The number of anilines is 1. The first-order valence-corrected chi connectivity index (χ1v) is 9.90. The summed E-state index contributed by atoms with van der Waals surface area (Å²) in [5, 5.41) is 9.13. The van der Waals surface area contributed by atoms with Gasteiger partial charge in [0.25, 0.3) is 5.89 Å². The fourth-order valence-corrected chi connectivity index (χ4v) is 4.52. The molecule has 2 N–H and O–H groups in total. The van der Waals surface area contributed by atoms with Gasteiger partial charge in [0.1, 0.15) is 5.75 Å². The lowest BCUT2D eigenvalue weighted by Crippen LogP contribution is -2.44. The number of rotatable bonds is 3. The standard InChI is InChI=1S/C19H23ClN4O2/c20-15-10-14(17-13(16(15)21)6-9-25-17)19-23-22-18(26-19)11-4-7-24(8-5-11)12-2-1-3-12/h10-12H,1-9,21H2. The van der Waals surface area contributed by atoms with E-state index in [0.29, 0.717) is 29.1 Å². The van der Waals surface area contributed by atoms with Crippen molar-refractivity contribution >= 4 is 17.3 Å². The number of ether oxygens (including phenoxy) is 1. The minimum atomic E-state index is 0.339. The Balaban J connectivity index is 1.36. The van der Waals surface area contributed by atoms with Gasteiger partial charge in [0.2, 0.25) is 5.89 Å². The van der Waals surface area contributed by atoms with Crippen LogP contribution >= 0.6 is 11.6 Å². The van der Waals surface area contributed by atoms with E-state index in [9.17, 15) is 0 Å². The van der Waals surface area contributed by atoms with E-state index in [-0.39, 0.29) is 0 Å². The highest BCUT2D eigenvalue weighted by Crippen LogP contribution is 2.43. The lowest BCUT2D eigenvalue weighted by molar-refractivity contribution is 0.0936. The number of halogens is 1. The molecule has 0 unspecified atom stereocenters. The Hall–Kier alpha value is -1.79. The monoisotopic (exact) mass is 374 g/mol. The fraction of sp³-hybridized carbons (Fsp3) is 0.579. The molecule has 1 saturated heterocycles. The number of likely N-dealkylation sites (tertiary alicyclic amines) is 1. The van der Waals surface area contributed by atoms with Gasteiger partial charge in [-0.05, 0) is 44.8 Å². The molecule has 0 radical (unpaired) electrons. The van der Waals surface area contributed by atoms with Crippen LogP contribution in [0.25, 0.3) is 11.5 Å². The maximum atomic E-state index is 6.29. The molecule has 1 aromatic carbocycles. The van der Waals surface area contributed by atoms with Gasteiger partial charge in [0.05, 0.1) is 22.9 Å². The van der Waals surface area contributed by atoms with E-state index in [4.69, 9.17) is 26.5 Å². The second kappa shape index (κ2) is 6.43. The normalized spacial score (nSPS) is 21.4. The zero-order chi connectivity index (χ0) is 17.7. The zero-order valence-corrected chi connectivity index (χ0v) is 15.5. The summed E-state index contributed by atoms with van der Waals surface area (Å²) in [6, 6.07) is 2.59. The van der Waals surface area contributed by atoms with Gasteiger partial charge < -0.3 is 19.8 Å². The van der Waals surface area contributed by atoms with Crippen molar-refractivity contribution in [3.05, 3.63) is 22.5 Å². The van der Waals surface area contributed by atoms with Crippen LogP contribution in [0.1, 0.15) is 49.5 Å². The van der Waals surface area contributed by atoms with Gasteiger partial charge in [-0.25, -0.2) is 0 Å². The molecule has 0 atom stereocenters. The summed E-state index contributed by atoms with van der Waals surface area (Å²) in [7, 11) is 0. The van der Waals surface area contributed by atoms with Crippen molar-refractivity contribution in [1.82, 2.24) is 15.1 Å². The van der Waals surface area contributed by atoms with E-state index in [1.165, 1.54) is 19.3 Å². The topological polar surface area (TPSA) is 77.4 Å². The molecule has 0 spiro atoms. The first-order valence-electron chi connectivity index (χ1n) is 9.52. The van der Waals surface area contributed by atoms with Crippen LogP contribution in [0.5, 0.6) is 5.75 Å². The second-order valence-corrected chi connectivity index (χ2v) is 7.97. The van der Waals surface area contributed by atoms with Crippen LogP contribution in [-0.2, 0) is 6.42 Å². The Bertz CT molecular complexity index is 825. The molecule has 26 heavy (non-hydrogen) atoms. The highest BCUT2D eigenvalue weighted by atomic mass is 35.5. The van der Waals surface area contributed by atoms with E-state index >= 15 is 0 Å². The molecule has 138 valence electrons. The highest BCUT2D eigenvalue weighted by Gasteiger charge is 2.32. The van der Waals surface area contributed by atoms with Crippen LogP contribution < -0.4 is 10.5 Å². The van der Waals surface area contributed by atoms with Crippen LogP contribution in [0, 0.1) is 0 Å². The lowest BCUT2D eigenvalue weighted by Gasteiger charge is -2.41. The lowest BCUT2D eigenvalue weighted by atomic mass is 9.88. The van der Waals surface area contributed by atoms with E-state index in [1.54, 1.807) is 6.07 Å². The molecule has 6 nitrogen and oxygen atoms in total. The Morgan fingerprint density at radius 2 is 1.96 bits per heavy atom. The van der Waals surface area contributed by atoms with E-state index in [0.717, 1.165) is 61.2 Å². The van der Waals surface area contributed by atoms with Crippen molar-refractivity contribution in [2.45, 2.75) is 50.5 Å². The number of nitrogen functional groups attached to an aromatic ring is 1. The van der Waals surface area contributed by atoms with Crippen molar-refractivity contribution in [3.8, 4) is 17.2 Å². The van der Waals surface area contributed by atoms with Gasteiger partial charge in [-0.2, -0.15) is 0 Å². The Morgan fingerprint density at radius 3 is 2.69 bits per heavy atom. The molecule has 3 heterocycles. The van der Waals surface area contributed by atoms with E-state index < -0.39 is 0 Å². The van der Waals surface area contributed by atoms with E-state index in [2.05, 4.69) is 15.1 Å². The first-order chi connectivity index (χ1) is 12.7. The van der Waals surface area contributed by atoms with Gasteiger partial charge in [-0.1, -0.05) is 18.0 Å². The average Bonchev–Trinajstić information content (AvgIpc) is 3.27. The van der Waals surface area contributed by atoms with Crippen LogP contribution in [0.3, 0.4) is 0 Å². The number of fused-ring (bicyclic) bond motifs is 1. The number of aromatic nitrogens is 2. The largest absolute Gasteiger partial charge is 0.492 e. The van der Waals surface area contributed by atoms with Crippen LogP contribution in [0.15, 0.2) is 10.5 Å². The van der Waals surface area contributed by atoms with Gasteiger partial charge in [-0.15, -0.1) is 10.2 Å². The summed E-state index contributed by atoms with van der Waals surface area (Å²) in [5.74, 6) is 2.28. The van der Waals surface area contributed by atoms with Crippen molar-refractivity contribution in [3.63, 3.8) is 0 Å². The Kier molecular flexibility index (Phi) is 4.05. The third-order valence-corrected chi connectivity index (χ3v) is 6.42. The number of piperidine rings is 1.